The van der Waals surface area contributed by atoms with E-state index in [9.17, 15) is 0 Å². The fourth-order valence-electron chi connectivity index (χ4n) is 0.987. The molecule has 2 heterocycles. The highest BCUT2D eigenvalue weighted by atomic mass is 32.1. The Balaban J connectivity index is 2.44. The van der Waals surface area contributed by atoms with Crippen molar-refractivity contribution in [2.75, 3.05) is 7.11 Å². The van der Waals surface area contributed by atoms with Crippen LogP contribution in [0.3, 0.4) is 0 Å². The quantitative estimate of drug-likeness (QED) is 0.797. The number of ether oxygens (including phenoxy) is 1. The minimum absolute atomic E-state index is 0.561. The molecule has 0 aromatic carbocycles. The standard InChI is InChI=1S/C8H7N3OS2/c1-12-8-9-3-6(14-8)5-2-7(13)11-4-10-5/h2-4H,1H3,(H,10,11,13). The van der Waals surface area contributed by atoms with Gasteiger partial charge in [0.1, 0.15) is 4.64 Å². The second-order valence-electron chi connectivity index (χ2n) is 2.49. The van der Waals surface area contributed by atoms with Crippen LogP contribution in [0.1, 0.15) is 0 Å². The summed E-state index contributed by atoms with van der Waals surface area (Å²) in [5.74, 6) is 0. The van der Waals surface area contributed by atoms with Gasteiger partial charge in [-0.1, -0.05) is 23.6 Å². The van der Waals surface area contributed by atoms with E-state index >= 15 is 0 Å². The maximum atomic E-state index is 5.00. The first-order valence-electron chi connectivity index (χ1n) is 3.84. The van der Waals surface area contributed by atoms with Gasteiger partial charge in [-0.3, -0.25) is 0 Å². The number of hydrogen-bond donors (Lipinski definition) is 1. The molecule has 0 fully saturated rings. The summed E-state index contributed by atoms with van der Waals surface area (Å²) in [6, 6.07) is 1.79. The molecule has 0 saturated carbocycles. The fourth-order valence-corrected chi connectivity index (χ4v) is 1.87. The van der Waals surface area contributed by atoms with Crippen LogP contribution in [0.15, 0.2) is 18.6 Å². The summed E-state index contributed by atoms with van der Waals surface area (Å²) in [4.78, 5) is 11.9. The largest absolute Gasteiger partial charge is 0.473 e. The molecule has 4 nitrogen and oxygen atoms in total. The van der Waals surface area contributed by atoms with E-state index < -0.39 is 0 Å². The van der Waals surface area contributed by atoms with E-state index in [1.165, 1.54) is 11.3 Å². The Kier molecular flexibility index (Phi) is 2.55. The average Bonchev–Trinajstić information content (AvgIpc) is 2.66. The fraction of sp³-hybridized carbons (Fsp3) is 0.125. The lowest BCUT2D eigenvalue weighted by Crippen LogP contribution is -1.81. The lowest BCUT2D eigenvalue weighted by molar-refractivity contribution is 0.412. The van der Waals surface area contributed by atoms with Crippen molar-refractivity contribution in [3.63, 3.8) is 0 Å². The normalized spacial score (nSPS) is 10.1. The lowest BCUT2D eigenvalue weighted by Gasteiger charge is -1.94. The third-order valence-electron chi connectivity index (χ3n) is 1.60. The van der Waals surface area contributed by atoms with Crippen LogP contribution < -0.4 is 4.74 Å². The lowest BCUT2D eigenvalue weighted by atomic mass is 10.4. The van der Waals surface area contributed by atoms with Crippen molar-refractivity contribution in [3.8, 4) is 15.8 Å². The molecule has 0 spiro atoms. The van der Waals surface area contributed by atoms with Gasteiger partial charge in [-0.25, -0.2) is 9.97 Å². The first-order valence-corrected chi connectivity index (χ1v) is 5.07. The molecule has 0 radical (unpaired) electrons. The van der Waals surface area contributed by atoms with Crippen molar-refractivity contribution in [2.24, 2.45) is 0 Å². The van der Waals surface area contributed by atoms with Gasteiger partial charge in [0, 0.05) is 0 Å². The van der Waals surface area contributed by atoms with E-state index in [0.29, 0.717) is 9.83 Å². The van der Waals surface area contributed by atoms with E-state index in [2.05, 4.69) is 15.0 Å². The molecule has 2 aromatic rings. The van der Waals surface area contributed by atoms with E-state index in [-0.39, 0.29) is 0 Å². The zero-order valence-corrected chi connectivity index (χ0v) is 8.98. The molecule has 0 aliphatic heterocycles. The number of nitrogens with zero attached hydrogens (tertiary/aromatic N) is 2. The number of rotatable bonds is 2. The number of hydrogen-bond acceptors (Lipinski definition) is 5. The van der Waals surface area contributed by atoms with Crippen LogP contribution in [0.5, 0.6) is 5.19 Å². The van der Waals surface area contributed by atoms with Gasteiger partial charge >= 0.3 is 0 Å². The molecular formula is C8H7N3OS2. The van der Waals surface area contributed by atoms with Crippen molar-refractivity contribution in [3.05, 3.63) is 23.2 Å². The molecule has 72 valence electrons. The van der Waals surface area contributed by atoms with Gasteiger partial charge in [-0.2, -0.15) is 0 Å². The molecule has 6 heteroatoms. The molecule has 1 N–H and O–H groups in total. The summed E-state index contributed by atoms with van der Waals surface area (Å²) in [5.41, 5.74) is 0.908. The Bertz CT molecular complexity index is 491. The SMILES string of the molecule is COc1ncc(-c2cc(=S)nc[nH]2)s1. The third kappa shape index (κ3) is 1.80. The Morgan fingerprint density at radius 1 is 1.50 bits per heavy atom. The van der Waals surface area contributed by atoms with Crippen molar-refractivity contribution >= 4 is 23.6 Å². The summed E-state index contributed by atoms with van der Waals surface area (Å²) >= 11 is 6.41. The molecule has 0 amide bonds. The summed E-state index contributed by atoms with van der Waals surface area (Å²) < 4.78 is 5.56. The number of aromatic nitrogens is 3. The van der Waals surface area contributed by atoms with Crippen LogP contribution >= 0.6 is 23.6 Å². The third-order valence-corrected chi connectivity index (χ3v) is 2.82. The van der Waals surface area contributed by atoms with Gasteiger partial charge in [0.25, 0.3) is 5.19 Å². The number of nitrogens with one attached hydrogen (secondary N) is 1. The molecule has 0 saturated heterocycles. The van der Waals surface area contributed by atoms with Crippen LogP contribution in [0.4, 0.5) is 0 Å². The van der Waals surface area contributed by atoms with E-state index in [1.54, 1.807) is 25.7 Å². The molecule has 0 atom stereocenters. The molecule has 2 aromatic heterocycles. The summed E-state index contributed by atoms with van der Waals surface area (Å²) in [6.45, 7) is 0. The van der Waals surface area contributed by atoms with Gasteiger partial charge in [0.2, 0.25) is 0 Å². The molecule has 0 unspecified atom stereocenters. The van der Waals surface area contributed by atoms with Gasteiger partial charge in [-0.05, 0) is 6.07 Å². The zero-order valence-electron chi connectivity index (χ0n) is 7.35. The maximum absolute atomic E-state index is 5.00. The van der Waals surface area contributed by atoms with Gasteiger partial charge in [-0.15, -0.1) is 0 Å². The first kappa shape index (κ1) is 9.29. The van der Waals surface area contributed by atoms with E-state index in [1.807, 2.05) is 0 Å². The van der Waals surface area contributed by atoms with Crippen LogP contribution in [0.2, 0.25) is 0 Å². The van der Waals surface area contributed by atoms with E-state index in [0.717, 1.165) is 10.6 Å². The molecule has 0 bridgehead atoms. The van der Waals surface area contributed by atoms with Crippen molar-refractivity contribution in [1.82, 2.24) is 15.0 Å². The second kappa shape index (κ2) is 3.85. The van der Waals surface area contributed by atoms with Crippen molar-refractivity contribution in [1.29, 1.82) is 0 Å². The highest BCUT2D eigenvalue weighted by Crippen LogP contribution is 2.28. The number of thiazole rings is 1. The Labute approximate surface area is 89.6 Å². The molecule has 0 aliphatic rings. The van der Waals surface area contributed by atoms with Gasteiger partial charge < -0.3 is 9.72 Å². The summed E-state index contributed by atoms with van der Waals surface area (Å²) in [5, 5.41) is 0.635. The summed E-state index contributed by atoms with van der Waals surface area (Å²) in [7, 11) is 1.59. The molecular weight excluding hydrogens is 218 g/mol. The van der Waals surface area contributed by atoms with Gasteiger partial charge in [0.15, 0.2) is 0 Å². The predicted octanol–water partition coefficient (Wildman–Crippen LogP) is 2.27. The van der Waals surface area contributed by atoms with E-state index in [4.69, 9.17) is 17.0 Å². The van der Waals surface area contributed by atoms with Crippen molar-refractivity contribution in [2.45, 2.75) is 0 Å². The average molecular weight is 225 g/mol. The van der Waals surface area contributed by atoms with Gasteiger partial charge in [0.05, 0.1) is 30.2 Å². The maximum Gasteiger partial charge on any atom is 0.273 e. The number of methoxy groups -OCH3 is 1. The Morgan fingerprint density at radius 2 is 2.36 bits per heavy atom. The van der Waals surface area contributed by atoms with Crippen LogP contribution in [0, 0.1) is 4.64 Å². The highest BCUT2D eigenvalue weighted by molar-refractivity contribution is 7.71. The zero-order chi connectivity index (χ0) is 9.97. The van der Waals surface area contributed by atoms with Crippen molar-refractivity contribution < 1.29 is 4.74 Å². The minimum Gasteiger partial charge on any atom is -0.473 e. The molecule has 0 aliphatic carbocycles. The number of aromatic amines is 1. The first-order chi connectivity index (χ1) is 6.79. The molecule has 14 heavy (non-hydrogen) atoms. The topological polar surface area (TPSA) is 50.8 Å². The monoisotopic (exact) mass is 225 g/mol. The summed E-state index contributed by atoms with van der Waals surface area (Å²) in [6.07, 6.45) is 3.31. The van der Waals surface area contributed by atoms with Crippen LogP contribution in [-0.2, 0) is 0 Å². The minimum atomic E-state index is 0.561. The molecule has 2 rings (SSSR count). The second-order valence-corrected chi connectivity index (χ2v) is 3.90. The number of H-pyrrole nitrogens is 1. The Hall–Kier alpha value is -1.27. The van der Waals surface area contributed by atoms with Crippen LogP contribution in [-0.4, -0.2) is 22.1 Å². The predicted molar refractivity (Wildman–Crippen MR) is 57.1 cm³/mol. The van der Waals surface area contributed by atoms with Crippen LogP contribution in [0.25, 0.3) is 10.6 Å². The Morgan fingerprint density at radius 3 is 3.00 bits per heavy atom. The highest BCUT2D eigenvalue weighted by Gasteiger charge is 2.04. The smallest absolute Gasteiger partial charge is 0.273 e.